The molecule has 0 bridgehead atoms. The van der Waals surface area contributed by atoms with E-state index in [-0.39, 0.29) is 13.0 Å². The van der Waals surface area contributed by atoms with Crippen molar-refractivity contribution in [1.29, 1.82) is 0 Å². The molecule has 1 aliphatic rings. The third kappa shape index (κ3) is 2.66. The molecule has 0 amide bonds. The Hall–Kier alpha value is -1.36. The van der Waals surface area contributed by atoms with E-state index in [2.05, 4.69) is 0 Å². The largest absolute Gasteiger partial charge is 0.486 e. The molecule has 0 aliphatic carbocycles. The molecule has 5 heteroatoms. The van der Waals surface area contributed by atoms with Gasteiger partial charge in [-0.05, 0) is 19.1 Å². The molecular weight excluding hydrogens is 228 g/mol. The smallest absolute Gasteiger partial charge is 0.256 e. The maximum absolute atomic E-state index is 12.6. The van der Waals surface area contributed by atoms with E-state index in [0.717, 1.165) is 0 Å². The van der Waals surface area contributed by atoms with E-state index in [0.29, 0.717) is 11.5 Å². The molecule has 0 aromatic heterocycles. The van der Waals surface area contributed by atoms with E-state index in [1.54, 1.807) is 18.2 Å². The van der Waals surface area contributed by atoms with Crippen LogP contribution in [0, 0.1) is 0 Å². The van der Waals surface area contributed by atoms with Crippen LogP contribution in [0.5, 0.6) is 11.5 Å². The fourth-order valence-electron chi connectivity index (χ4n) is 1.74. The van der Waals surface area contributed by atoms with Crippen molar-refractivity contribution in [3.8, 4) is 11.5 Å². The number of ether oxygens (including phenoxy) is 2. The zero-order valence-electron chi connectivity index (χ0n) is 9.53. The fraction of sp³-hybridized carbons (Fsp3) is 0.500. The molecule has 0 radical (unpaired) electrons. The van der Waals surface area contributed by atoms with Gasteiger partial charge in [0.2, 0.25) is 0 Å². The van der Waals surface area contributed by atoms with Crippen LogP contribution in [0.2, 0.25) is 0 Å². The molecule has 0 saturated carbocycles. The third-order valence-electron chi connectivity index (χ3n) is 2.73. The van der Waals surface area contributed by atoms with Crippen LogP contribution in [-0.4, -0.2) is 24.7 Å². The Kier molecular flexibility index (Phi) is 3.19. The van der Waals surface area contributed by atoms with Crippen molar-refractivity contribution in [2.24, 2.45) is 5.73 Å². The highest BCUT2D eigenvalue weighted by molar-refractivity contribution is 5.40. The van der Waals surface area contributed by atoms with Gasteiger partial charge in [-0.3, -0.25) is 0 Å². The lowest BCUT2D eigenvalue weighted by molar-refractivity contribution is 0.0112. The lowest BCUT2D eigenvalue weighted by Gasteiger charge is -2.32. The number of alkyl halides is 2. The third-order valence-corrected chi connectivity index (χ3v) is 2.73. The molecule has 1 aliphatic heterocycles. The predicted octanol–water partition coefficient (Wildman–Crippen LogP) is 2.20. The summed E-state index contributed by atoms with van der Waals surface area (Å²) < 4.78 is 36.3. The number of hydrogen-bond acceptors (Lipinski definition) is 3. The van der Waals surface area contributed by atoms with Gasteiger partial charge in [0, 0.05) is 6.42 Å². The van der Waals surface area contributed by atoms with Crippen LogP contribution in [0.4, 0.5) is 8.78 Å². The van der Waals surface area contributed by atoms with Crippen LogP contribution < -0.4 is 15.2 Å². The average molecular weight is 243 g/mol. The number of nitrogens with two attached hydrogens (primary N) is 1. The topological polar surface area (TPSA) is 44.5 Å². The van der Waals surface area contributed by atoms with Gasteiger partial charge < -0.3 is 15.2 Å². The Bertz CT molecular complexity index is 396. The minimum absolute atomic E-state index is 0.0546. The Labute approximate surface area is 98.5 Å². The molecule has 17 heavy (non-hydrogen) atoms. The summed E-state index contributed by atoms with van der Waals surface area (Å²) in [5.41, 5.74) is 3.97. The summed E-state index contributed by atoms with van der Waals surface area (Å²) in [6.45, 7) is 1.57. The molecule has 2 unspecified atom stereocenters. The number of fused-ring (bicyclic) bond motifs is 1. The van der Waals surface area contributed by atoms with Gasteiger partial charge in [-0.2, -0.15) is 0 Å². The Morgan fingerprint density at radius 3 is 2.71 bits per heavy atom. The Morgan fingerprint density at radius 1 is 1.41 bits per heavy atom. The van der Waals surface area contributed by atoms with Crippen molar-refractivity contribution in [2.75, 3.05) is 6.61 Å². The fourth-order valence-corrected chi connectivity index (χ4v) is 1.74. The van der Waals surface area contributed by atoms with Crippen molar-refractivity contribution in [1.82, 2.24) is 0 Å². The molecule has 2 N–H and O–H groups in total. The van der Waals surface area contributed by atoms with Gasteiger partial charge in [-0.15, -0.1) is 0 Å². The molecule has 1 aromatic carbocycles. The first-order valence-electron chi connectivity index (χ1n) is 5.44. The number of para-hydroxylation sites is 2. The van der Waals surface area contributed by atoms with Crippen LogP contribution in [0.15, 0.2) is 24.3 Å². The first kappa shape index (κ1) is 12.1. The van der Waals surface area contributed by atoms with E-state index in [9.17, 15) is 8.78 Å². The second-order valence-corrected chi connectivity index (χ2v) is 4.51. The van der Waals surface area contributed by atoms with E-state index < -0.39 is 18.1 Å². The second-order valence-electron chi connectivity index (χ2n) is 4.51. The summed E-state index contributed by atoms with van der Waals surface area (Å²) in [5.74, 6) is 1.22. The number of hydrogen-bond donors (Lipinski definition) is 1. The van der Waals surface area contributed by atoms with Crippen molar-refractivity contribution < 1.29 is 18.3 Å². The Balaban J connectivity index is 2.03. The van der Waals surface area contributed by atoms with Gasteiger partial charge in [-0.25, -0.2) is 8.78 Å². The van der Waals surface area contributed by atoms with Crippen LogP contribution in [0.1, 0.15) is 13.3 Å². The first-order chi connectivity index (χ1) is 7.99. The Morgan fingerprint density at radius 2 is 2.06 bits per heavy atom. The highest BCUT2D eigenvalue weighted by Gasteiger charge is 2.35. The summed E-state index contributed by atoms with van der Waals surface area (Å²) in [4.78, 5) is 0. The molecule has 0 fully saturated rings. The lowest BCUT2D eigenvalue weighted by Crippen LogP contribution is -2.49. The molecule has 0 saturated heterocycles. The maximum Gasteiger partial charge on any atom is 0.256 e. The van der Waals surface area contributed by atoms with E-state index in [4.69, 9.17) is 15.2 Å². The van der Waals surface area contributed by atoms with Crippen LogP contribution >= 0.6 is 0 Å². The van der Waals surface area contributed by atoms with Crippen LogP contribution in [0.3, 0.4) is 0 Å². The zero-order valence-corrected chi connectivity index (χ0v) is 9.53. The normalized spacial score (nSPS) is 22.3. The standard InChI is InChI=1S/C12H15F2NO2/c1-12(15,11(13)14)6-8-7-16-9-4-2-3-5-10(9)17-8/h2-5,8,11H,6-7,15H2,1H3. The summed E-state index contributed by atoms with van der Waals surface area (Å²) >= 11 is 0. The van der Waals surface area contributed by atoms with E-state index in [1.807, 2.05) is 6.07 Å². The zero-order chi connectivity index (χ0) is 12.5. The average Bonchev–Trinajstić information content (AvgIpc) is 2.28. The molecule has 3 nitrogen and oxygen atoms in total. The SMILES string of the molecule is CC(N)(CC1COc2ccccc2O1)C(F)F. The number of halogens is 2. The molecule has 94 valence electrons. The molecule has 2 rings (SSSR count). The minimum Gasteiger partial charge on any atom is -0.486 e. The van der Waals surface area contributed by atoms with Gasteiger partial charge in [0.15, 0.2) is 11.5 Å². The predicted molar refractivity (Wildman–Crippen MR) is 59.6 cm³/mol. The van der Waals surface area contributed by atoms with Crippen molar-refractivity contribution in [3.63, 3.8) is 0 Å². The molecular formula is C12H15F2NO2. The van der Waals surface area contributed by atoms with Gasteiger partial charge in [0.25, 0.3) is 6.43 Å². The van der Waals surface area contributed by atoms with Gasteiger partial charge in [-0.1, -0.05) is 12.1 Å². The van der Waals surface area contributed by atoms with Crippen LogP contribution in [0.25, 0.3) is 0 Å². The van der Waals surface area contributed by atoms with Crippen molar-refractivity contribution in [3.05, 3.63) is 24.3 Å². The lowest BCUT2D eigenvalue weighted by atomic mass is 9.96. The van der Waals surface area contributed by atoms with Gasteiger partial charge >= 0.3 is 0 Å². The minimum atomic E-state index is -2.58. The summed E-state index contributed by atoms with van der Waals surface area (Å²) in [5, 5.41) is 0. The van der Waals surface area contributed by atoms with Crippen molar-refractivity contribution >= 4 is 0 Å². The maximum atomic E-state index is 12.6. The number of rotatable bonds is 3. The summed E-state index contributed by atoms with van der Waals surface area (Å²) in [7, 11) is 0. The molecule has 0 spiro atoms. The monoisotopic (exact) mass is 243 g/mol. The van der Waals surface area contributed by atoms with E-state index in [1.165, 1.54) is 6.92 Å². The quantitative estimate of drug-likeness (QED) is 0.885. The number of benzene rings is 1. The van der Waals surface area contributed by atoms with E-state index >= 15 is 0 Å². The highest BCUT2D eigenvalue weighted by atomic mass is 19.3. The molecule has 2 atom stereocenters. The first-order valence-corrected chi connectivity index (χ1v) is 5.44. The summed E-state index contributed by atoms with van der Waals surface area (Å²) in [6.07, 6.45) is -2.96. The van der Waals surface area contributed by atoms with Crippen LogP contribution in [-0.2, 0) is 0 Å². The highest BCUT2D eigenvalue weighted by Crippen LogP contribution is 2.33. The molecule has 1 aromatic rings. The second kappa shape index (κ2) is 4.49. The van der Waals surface area contributed by atoms with Crippen molar-refractivity contribution in [2.45, 2.75) is 31.4 Å². The van der Waals surface area contributed by atoms with Gasteiger partial charge in [0.1, 0.15) is 12.7 Å². The molecule has 1 heterocycles. The van der Waals surface area contributed by atoms with Gasteiger partial charge in [0.05, 0.1) is 5.54 Å². The summed E-state index contributed by atoms with van der Waals surface area (Å²) in [6, 6.07) is 7.16.